The Labute approximate surface area is 98.8 Å². The molecule has 0 amide bonds. The summed E-state index contributed by atoms with van der Waals surface area (Å²) in [5.41, 5.74) is 8.49. The molecule has 0 radical (unpaired) electrons. The van der Waals surface area contributed by atoms with Gasteiger partial charge in [-0.15, -0.1) is 0 Å². The average molecular weight is 221 g/mol. The van der Waals surface area contributed by atoms with Gasteiger partial charge in [-0.2, -0.15) is 0 Å². The van der Waals surface area contributed by atoms with E-state index >= 15 is 0 Å². The smallest absolute Gasteiger partial charge is 0.125 e. The summed E-state index contributed by atoms with van der Waals surface area (Å²) in [4.78, 5) is 0. The van der Waals surface area contributed by atoms with E-state index in [2.05, 4.69) is 46.8 Å². The third-order valence-corrected chi connectivity index (χ3v) is 2.93. The molecule has 2 nitrogen and oxygen atoms in total. The molecule has 0 saturated heterocycles. The standard InChI is InChI=1S/C14H23NO/c1-10-7-6-8-11(2)13(10)16-9-12(15)14(3,4)5/h6-8,12H,9,15H2,1-5H3. The van der Waals surface area contributed by atoms with Crippen molar-refractivity contribution < 1.29 is 4.74 Å². The first-order valence-electron chi connectivity index (χ1n) is 5.77. The molecule has 0 spiro atoms. The van der Waals surface area contributed by atoms with Crippen molar-refractivity contribution in [3.8, 4) is 5.75 Å². The van der Waals surface area contributed by atoms with Crippen molar-refractivity contribution in [1.82, 2.24) is 0 Å². The summed E-state index contributed by atoms with van der Waals surface area (Å²) < 4.78 is 5.83. The van der Waals surface area contributed by atoms with Gasteiger partial charge in [0.1, 0.15) is 12.4 Å². The highest BCUT2D eigenvalue weighted by molar-refractivity contribution is 5.39. The highest BCUT2D eigenvalue weighted by atomic mass is 16.5. The Balaban J connectivity index is 2.69. The van der Waals surface area contributed by atoms with E-state index in [0.29, 0.717) is 6.61 Å². The van der Waals surface area contributed by atoms with Crippen LogP contribution in [-0.4, -0.2) is 12.6 Å². The maximum Gasteiger partial charge on any atom is 0.125 e. The number of para-hydroxylation sites is 1. The van der Waals surface area contributed by atoms with Crippen LogP contribution in [0.4, 0.5) is 0 Å². The van der Waals surface area contributed by atoms with Gasteiger partial charge >= 0.3 is 0 Å². The van der Waals surface area contributed by atoms with Crippen LogP contribution in [0.3, 0.4) is 0 Å². The molecule has 0 aromatic heterocycles. The van der Waals surface area contributed by atoms with E-state index in [1.165, 1.54) is 11.1 Å². The summed E-state index contributed by atoms with van der Waals surface area (Å²) >= 11 is 0. The molecule has 0 aliphatic heterocycles. The van der Waals surface area contributed by atoms with E-state index in [1.54, 1.807) is 0 Å². The molecule has 16 heavy (non-hydrogen) atoms. The van der Waals surface area contributed by atoms with Crippen molar-refractivity contribution >= 4 is 0 Å². The van der Waals surface area contributed by atoms with E-state index < -0.39 is 0 Å². The molecule has 1 aromatic rings. The molecule has 2 heteroatoms. The van der Waals surface area contributed by atoms with Gasteiger partial charge in [-0.05, 0) is 30.4 Å². The predicted octanol–water partition coefficient (Wildman–Crippen LogP) is 3.06. The van der Waals surface area contributed by atoms with Crippen molar-refractivity contribution in [2.45, 2.75) is 40.7 Å². The highest BCUT2D eigenvalue weighted by Crippen LogP contribution is 2.24. The second-order valence-electron chi connectivity index (χ2n) is 5.50. The fourth-order valence-electron chi connectivity index (χ4n) is 1.45. The van der Waals surface area contributed by atoms with Crippen molar-refractivity contribution in [1.29, 1.82) is 0 Å². The number of benzene rings is 1. The molecule has 1 rings (SSSR count). The zero-order chi connectivity index (χ0) is 12.3. The Bertz CT molecular complexity index is 332. The minimum Gasteiger partial charge on any atom is -0.491 e. The van der Waals surface area contributed by atoms with Crippen LogP contribution in [0.5, 0.6) is 5.75 Å². The molecule has 0 aliphatic carbocycles. The van der Waals surface area contributed by atoms with Gasteiger partial charge in [0, 0.05) is 6.04 Å². The summed E-state index contributed by atoms with van der Waals surface area (Å²) in [7, 11) is 0. The Morgan fingerprint density at radius 2 is 1.69 bits per heavy atom. The SMILES string of the molecule is Cc1cccc(C)c1OCC(N)C(C)(C)C. The van der Waals surface area contributed by atoms with Crippen molar-refractivity contribution in [3.63, 3.8) is 0 Å². The molecule has 0 heterocycles. The van der Waals surface area contributed by atoms with Gasteiger partial charge in [-0.25, -0.2) is 0 Å². The van der Waals surface area contributed by atoms with Gasteiger partial charge in [-0.1, -0.05) is 39.0 Å². The van der Waals surface area contributed by atoms with Gasteiger partial charge in [0.2, 0.25) is 0 Å². The van der Waals surface area contributed by atoms with Crippen LogP contribution in [0.25, 0.3) is 0 Å². The predicted molar refractivity (Wildman–Crippen MR) is 68.8 cm³/mol. The Hall–Kier alpha value is -1.02. The van der Waals surface area contributed by atoms with Crippen LogP contribution in [0.1, 0.15) is 31.9 Å². The number of nitrogens with two attached hydrogens (primary N) is 1. The lowest BCUT2D eigenvalue weighted by Gasteiger charge is -2.27. The fourth-order valence-corrected chi connectivity index (χ4v) is 1.45. The van der Waals surface area contributed by atoms with Crippen LogP contribution in [0.2, 0.25) is 0 Å². The molecule has 1 aromatic carbocycles. The third-order valence-electron chi connectivity index (χ3n) is 2.93. The summed E-state index contributed by atoms with van der Waals surface area (Å²) in [6.07, 6.45) is 0. The van der Waals surface area contributed by atoms with Gasteiger partial charge in [0.15, 0.2) is 0 Å². The summed E-state index contributed by atoms with van der Waals surface area (Å²) in [6, 6.07) is 6.21. The van der Waals surface area contributed by atoms with E-state index in [4.69, 9.17) is 10.5 Å². The summed E-state index contributed by atoms with van der Waals surface area (Å²) in [6.45, 7) is 11.1. The maximum absolute atomic E-state index is 6.07. The molecule has 0 bridgehead atoms. The minimum atomic E-state index is 0.0477. The molecule has 1 unspecified atom stereocenters. The molecular weight excluding hydrogens is 198 g/mol. The Morgan fingerprint density at radius 1 is 1.19 bits per heavy atom. The lowest BCUT2D eigenvalue weighted by atomic mass is 9.88. The minimum absolute atomic E-state index is 0.0477. The first-order chi connectivity index (χ1) is 7.32. The maximum atomic E-state index is 6.07. The first-order valence-corrected chi connectivity index (χ1v) is 5.77. The van der Waals surface area contributed by atoms with Crippen molar-refractivity contribution in [3.05, 3.63) is 29.3 Å². The van der Waals surface area contributed by atoms with Crippen LogP contribution < -0.4 is 10.5 Å². The van der Waals surface area contributed by atoms with Gasteiger partial charge < -0.3 is 10.5 Å². The van der Waals surface area contributed by atoms with Gasteiger partial charge in [-0.3, -0.25) is 0 Å². The summed E-state index contributed by atoms with van der Waals surface area (Å²) in [5.74, 6) is 0.974. The van der Waals surface area contributed by atoms with Crippen molar-refractivity contribution in [2.75, 3.05) is 6.61 Å². The second kappa shape index (κ2) is 4.88. The Kier molecular flexibility index (Phi) is 3.98. The fraction of sp³-hybridized carbons (Fsp3) is 0.571. The van der Waals surface area contributed by atoms with E-state index in [1.807, 2.05) is 6.07 Å². The molecule has 0 aliphatic rings. The average Bonchev–Trinajstić information content (AvgIpc) is 2.15. The summed E-state index contributed by atoms with van der Waals surface area (Å²) in [5, 5.41) is 0. The zero-order valence-corrected chi connectivity index (χ0v) is 11.0. The molecule has 0 saturated carbocycles. The van der Waals surface area contributed by atoms with Gasteiger partial charge in [0.25, 0.3) is 0 Å². The lowest BCUT2D eigenvalue weighted by molar-refractivity contribution is 0.204. The lowest BCUT2D eigenvalue weighted by Crippen LogP contribution is -2.40. The van der Waals surface area contributed by atoms with Crippen LogP contribution in [-0.2, 0) is 0 Å². The van der Waals surface area contributed by atoms with Crippen molar-refractivity contribution in [2.24, 2.45) is 11.1 Å². The Morgan fingerprint density at radius 3 is 2.12 bits per heavy atom. The first kappa shape index (κ1) is 13.0. The van der Waals surface area contributed by atoms with E-state index in [-0.39, 0.29) is 11.5 Å². The van der Waals surface area contributed by atoms with Crippen LogP contribution in [0, 0.1) is 19.3 Å². The van der Waals surface area contributed by atoms with Crippen LogP contribution >= 0.6 is 0 Å². The van der Waals surface area contributed by atoms with E-state index in [9.17, 15) is 0 Å². The number of ether oxygens (including phenoxy) is 1. The molecular formula is C14H23NO. The molecule has 1 atom stereocenters. The topological polar surface area (TPSA) is 35.2 Å². The monoisotopic (exact) mass is 221 g/mol. The third kappa shape index (κ3) is 3.24. The van der Waals surface area contributed by atoms with Crippen LogP contribution in [0.15, 0.2) is 18.2 Å². The second-order valence-corrected chi connectivity index (χ2v) is 5.50. The zero-order valence-electron chi connectivity index (χ0n) is 11.0. The molecule has 90 valence electrons. The largest absolute Gasteiger partial charge is 0.491 e. The molecule has 0 fully saturated rings. The number of hydrogen-bond donors (Lipinski definition) is 1. The van der Waals surface area contributed by atoms with E-state index in [0.717, 1.165) is 5.75 Å². The van der Waals surface area contributed by atoms with Gasteiger partial charge in [0.05, 0.1) is 0 Å². The number of rotatable bonds is 3. The number of hydrogen-bond acceptors (Lipinski definition) is 2. The highest BCUT2D eigenvalue weighted by Gasteiger charge is 2.21. The quantitative estimate of drug-likeness (QED) is 0.851. The molecule has 2 N–H and O–H groups in total. The number of aryl methyl sites for hydroxylation is 2. The normalized spacial score (nSPS) is 13.6.